The van der Waals surface area contributed by atoms with Gasteiger partial charge in [-0.1, -0.05) is 12.1 Å². The number of anilines is 2. The maximum absolute atomic E-state index is 10.9. The van der Waals surface area contributed by atoms with Gasteiger partial charge in [0.15, 0.2) is 0 Å². The lowest BCUT2D eigenvalue weighted by molar-refractivity contribution is -0.384. The van der Waals surface area contributed by atoms with Crippen molar-refractivity contribution in [3.8, 4) is 0 Å². The first-order chi connectivity index (χ1) is 9.58. The van der Waals surface area contributed by atoms with E-state index in [0.717, 1.165) is 11.3 Å². The first-order valence-electron chi connectivity index (χ1n) is 6.17. The molecule has 0 aliphatic heterocycles. The fourth-order valence-corrected chi connectivity index (χ4v) is 1.81. The minimum absolute atomic E-state index is 0.0173. The average Bonchev–Trinajstić information content (AvgIpc) is 2.45. The maximum atomic E-state index is 10.9. The summed E-state index contributed by atoms with van der Waals surface area (Å²) in [5.74, 6) is 0.285. The van der Waals surface area contributed by atoms with E-state index in [1.54, 1.807) is 6.07 Å². The van der Waals surface area contributed by atoms with Crippen molar-refractivity contribution in [3.63, 3.8) is 0 Å². The SMILES string of the molecule is CN(C)c1cccc(CNc2ncccc2[N+](=O)[O-])c1. The van der Waals surface area contributed by atoms with Gasteiger partial charge in [-0.15, -0.1) is 0 Å². The van der Waals surface area contributed by atoms with Gasteiger partial charge in [0.2, 0.25) is 5.82 Å². The largest absolute Gasteiger partial charge is 0.378 e. The van der Waals surface area contributed by atoms with Crippen molar-refractivity contribution < 1.29 is 4.92 Å². The predicted molar refractivity (Wildman–Crippen MR) is 79.0 cm³/mol. The summed E-state index contributed by atoms with van der Waals surface area (Å²) in [7, 11) is 3.94. The summed E-state index contributed by atoms with van der Waals surface area (Å²) in [6.45, 7) is 0.486. The molecule has 0 fully saturated rings. The topological polar surface area (TPSA) is 71.3 Å². The Kier molecular flexibility index (Phi) is 4.14. The van der Waals surface area contributed by atoms with Crippen LogP contribution in [0.2, 0.25) is 0 Å². The van der Waals surface area contributed by atoms with E-state index in [1.165, 1.54) is 12.3 Å². The molecule has 0 atom stereocenters. The van der Waals surface area contributed by atoms with E-state index in [2.05, 4.69) is 10.3 Å². The number of hydrogen-bond acceptors (Lipinski definition) is 5. The highest BCUT2D eigenvalue weighted by Gasteiger charge is 2.13. The minimum atomic E-state index is -0.439. The molecule has 0 bridgehead atoms. The van der Waals surface area contributed by atoms with Crippen LogP contribution in [0.4, 0.5) is 17.2 Å². The molecule has 0 unspecified atom stereocenters. The number of nitro groups is 1. The molecule has 2 rings (SSSR count). The van der Waals surface area contributed by atoms with Gasteiger partial charge in [-0.25, -0.2) is 4.98 Å². The van der Waals surface area contributed by atoms with Crippen LogP contribution in [-0.4, -0.2) is 24.0 Å². The molecule has 20 heavy (non-hydrogen) atoms. The average molecular weight is 272 g/mol. The Labute approximate surface area is 117 Å². The zero-order valence-corrected chi connectivity index (χ0v) is 11.4. The Morgan fingerprint density at radius 2 is 2.10 bits per heavy atom. The van der Waals surface area contributed by atoms with E-state index in [9.17, 15) is 10.1 Å². The van der Waals surface area contributed by atoms with Crippen LogP contribution in [-0.2, 0) is 6.54 Å². The van der Waals surface area contributed by atoms with Crippen LogP contribution in [0.25, 0.3) is 0 Å². The molecule has 6 nitrogen and oxygen atoms in total. The third-order valence-electron chi connectivity index (χ3n) is 2.87. The highest BCUT2D eigenvalue weighted by molar-refractivity contribution is 5.56. The van der Waals surface area contributed by atoms with Gasteiger partial charge in [-0.3, -0.25) is 10.1 Å². The van der Waals surface area contributed by atoms with Crippen molar-refractivity contribution in [2.45, 2.75) is 6.54 Å². The smallest absolute Gasteiger partial charge is 0.311 e. The summed E-state index contributed by atoms with van der Waals surface area (Å²) in [5.41, 5.74) is 2.10. The molecule has 0 amide bonds. The van der Waals surface area contributed by atoms with Crippen molar-refractivity contribution in [3.05, 3.63) is 58.3 Å². The molecule has 0 aliphatic carbocycles. The van der Waals surface area contributed by atoms with Gasteiger partial charge >= 0.3 is 5.69 Å². The molecule has 0 spiro atoms. The molecule has 1 N–H and O–H groups in total. The Morgan fingerprint density at radius 3 is 2.80 bits per heavy atom. The number of nitrogens with one attached hydrogen (secondary N) is 1. The molecular weight excluding hydrogens is 256 g/mol. The maximum Gasteiger partial charge on any atom is 0.311 e. The van der Waals surface area contributed by atoms with Crippen molar-refractivity contribution in [2.24, 2.45) is 0 Å². The van der Waals surface area contributed by atoms with E-state index >= 15 is 0 Å². The molecule has 0 saturated heterocycles. The highest BCUT2D eigenvalue weighted by Crippen LogP contribution is 2.21. The summed E-state index contributed by atoms with van der Waals surface area (Å²) < 4.78 is 0. The van der Waals surface area contributed by atoms with Gasteiger partial charge in [-0.05, 0) is 23.8 Å². The van der Waals surface area contributed by atoms with Crippen molar-refractivity contribution >= 4 is 17.2 Å². The highest BCUT2D eigenvalue weighted by atomic mass is 16.6. The Morgan fingerprint density at radius 1 is 1.30 bits per heavy atom. The van der Waals surface area contributed by atoms with Crippen molar-refractivity contribution in [2.75, 3.05) is 24.3 Å². The van der Waals surface area contributed by atoms with Crippen molar-refractivity contribution in [1.82, 2.24) is 4.98 Å². The lowest BCUT2D eigenvalue weighted by Gasteiger charge is -2.14. The van der Waals surface area contributed by atoms with Gasteiger partial charge in [0.1, 0.15) is 0 Å². The second kappa shape index (κ2) is 6.01. The second-order valence-electron chi connectivity index (χ2n) is 4.55. The molecule has 0 saturated carbocycles. The third-order valence-corrected chi connectivity index (χ3v) is 2.87. The summed E-state index contributed by atoms with van der Waals surface area (Å²) >= 11 is 0. The standard InChI is InChI=1S/C14H16N4O2/c1-17(2)12-6-3-5-11(9-12)10-16-14-13(18(19)20)7-4-8-15-14/h3-9H,10H2,1-2H3,(H,15,16). The zero-order chi connectivity index (χ0) is 14.5. The number of nitrogens with zero attached hydrogens (tertiary/aromatic N) is 3. The van der Waals surface area contributed by atoms with Gasteiger partial charge in [0, 0.05) is 38.6 Å². The Bertz CT molecular complexity index is 614. The van der Waals surface area contributed by atoms with Gasteiger partial charge in [-0.2, -0.15) is 0 Å². The van der Waals surface area contributed by atoms with Crippen LogP contribution < -0.4 is 10.2 Å². The number of pyridine rings is 1. The fourth-order valence-electron chi connectivity index (χ4n) is 1.81. The number of aromatic nitrogens is 1. The molecule has 6 heteroatoms. The molecule has 2 aromatic rings. The Balaban J connectivity index is 2.13. The predicted octanol–water partition coefficient (Wildman–Crippen LogP) is 2.67. The van der Waals surface area contributed by atoms with E-state index < -0.39 is 4.92 Å². The van der Waals surface area contributed by atoms with Gasteiger partial charge < -0.3 is 10.2 Å². The first-order valence-corrected chi connectivity index (χ1v) is 6.17. The molecule has 0 radical (unpaired) electrons. The van der Waals surface area contributed by atoms with Gasteiger partial charge in [0.05, 0.1) is 4.92 Å². The molecule has 104 valence electrons. The summed E-state index contributed by atoms with van der Waals surface area (Å²) in [6, 6.07) is 10.9. The third kappa shape index (κ3) is 3.23. The summed E-state index contributed by atoms with van der Waals surface area (Å²) in [6.07, 6.45) is 1.53. The number of hydrogen-bond donors (Lipinski definition) is 1. The van der Waals surface area contributed by atoms with Crippen LogP contribution in [0.3, 0.4) is 0 Å². The van der Waals surface area contributed by atoms with Crippen LogP contribution in [0, 0.1) is 10.1 Å². The van der Waals surface area contributed by atoms with Crippen LogP contribution in [0.5, 0.6) is 0 Å². The van der Waals surface area contributed by atoms with Crippen molar-refractivity contribution in [1.29, 1.82) is 0 Å². The fraction of sp³-hybridized carbons (Fsp3) is 0.214. The monoisotopic (exact) mass is 272 g/mol. The quantitative estimate of drug-likeness (QED) is 0.669. The lowest BCUT2D eigenvalue weighted by Crippen LogP contribution is -2.09. The molecule has 1 aromatic heterocycles. The van der Waals surface area contributed by atoms with Gasteiger partial charge in [0.25, 0.3) is 0 Å². The normalized spacial score (nSPS) is 10.1. The van der Waals surface area contributed by atoms with E-state index in [4.69, 9.17) is 0 Å². The number of rotatable bonds is 5. The van der Waals surface area contributed by atoms with Crippen LogP contribution >= 0.6 is 0 Å². The van der Waals surface area contributed by atoms with E-state index in [-0.39, 0.29) is 11.5 Å². The first kappa shape index (κ1) is 13.8. The number of benzene rings is 1. The molecular formula is C14H16N4O2. The van der Waals surface area contributed by atoms with Crippen LogP contribution in [0.15, 0.2) is 42.6 Å². The zero-order valence-electron chi connectivity index (χ0n) is 11.4. The molecule has 0 aliphatic rings. The Hall–Kier alpha value is -2.63. The lowest BCUT2D eigenvalue weighted by atomic mass is 10.2. The molecule has 1 heterocycles. The van der Waals surface area contributed by atoms with E-state index in [1.807, 2.05) is 43.3 Å². The minimum Gasteiger partial charge on any atom is -0.378 e. The second-order valence-corrected chi connectivity index (χ2v) is 4.55. The van der Waals surface area contributed by atoms with Crippen LogP contribution in [0.1, 0.15) is 5.56 Å². The molecule has 1 aromatic carbocycles. The summed E-state index contributed by atoms with van der Waals surface area (Å²) in [5, 5.41) is 13.9. The summed E-state index contributed by atoms with van der Waals surface area (Å²) in [4.78, 5) is 16.5. The van der Waals surface area contributed by atoms with E-state index in [0.29, 0.717) is 6.54 Å².